The van der Waals surface area contributed by atoms with Crippen molar-refractivity contribution in [1.29, 1.82) is 0 Å². The van der Waals surface area contributed by atoms with Gasteiger partial charge < -0.3 is 15.4 Å². The average molecular weight is 421 g/mol. The zero-order valence-electron chi connectivity index (χ0n) is 16.5. The molecule has 5 rings (SSSR count). The quantitative estimate of drug-likeness (QED) is 0.504. The Labute approximate surface area is 179 Å². The number of hydrogen-bond acceptors (Lipinski definition) is 6. The minimum Gasteiger partial charge on any atom is -0.489 e. The highest BCUT2D eigenvalue weighted by molar-refractivity contribution is 6.35. The third kappa shape index (κ3) is 3.94. The summed E-state index contributed by atoms with van der Waals surface area (Å²) in [5, 5.41) is 12.4. The van der Waals surface area contributed by atoms with Gasteiger partial charge in [-0.05, 0) is 36.7 Å². The fourth-order valence-corrected chi connectivity index (χ4v) is 3.83. The van der Waals surface area contributed by atoms with Gasteiger partial charge in [-0.25, -0.2) is 9.97 Å². The molecule has 1 saturated heterocycles. The van der Waals surface area contributed by atoms with Gasteiger partial charge in [0.25, 0.3) is 0 Å². The first-order chi connectivity index (χ1) is 14.6. The fraction of sp³-hybridized carbons (Fsp3) is 0.227. The van der Waals surface area contributed by atoms with Crippen LogP contribution in [0.5, 0.6) is 5.75 Å². The van der Waals surface area contributed by atoms with E-state index in [-0.39, 0.29) is 6.10 Å². The molecule has 1 aliphatic heterocycles. The summed E-state index contributed by atoms with van der Waals surface area (Å²) in [6, 6.07) is 11.7. The second-order valence-electron chi connectivity index (χ2n) is 7.38. The van der Waals surface area contributed by atoms with E-state index in [4.69, 9.17) is 16.3 Å². The normalized spacial score (nSPS) is 16.1. The maximum absolute atomic E-state index is 6.31. The molecule has 0 amide bonds. The molecule has 2 aromatic heterocycles. The van der Waals surface area contributed by atoms with E-state index in [1.165, 1.54) is 0 Å². The topological polar surface area (TPSA) is 76.9 Å². The molecule has 0 spiro atoms. The number of benzene rings is 2. The van der Waals surface area contributed by atoms with Crippen LogP contribution in [0, 0.1) is 0 Å². The Bertz CT molecular complexity index is 1200. The SMILES string of the molecule is Cn1cc(-c2cc(Nc3ncc4cccc(Cl)c4n3)cc(O[C@H]3CCNC3)c2)cn1. The van der Waals surface area contributed by atoms with Crippen LogP contribution in [0.3, 0.4) is 0 Å². The maximum Gasteiger partial charge on any atom is 0.227 e. The van der Waals surface area contributed by atoms with Crippen LogP contribution in [-0.4, -0.2) is 38.9 Å². The summed E-state index contributed by atoms with van der Waals surface area (Å²) in [4.78, 5) is 9.02. The lowest BCUT2D eigenvalue weighted by Gasteiger charge is -2.15. The molecule has 2 aromatic carbocycles. The number of nitrogens with zero attached hydrogens (tertiary/aromatic N) is 4. The van der Waals surface area contributed by atoms with Crippen molar-refractivity contribution in [3.05, 3.63) is 60.0 Å². The largest absolute Gasteiger partial charge is 0.489 e. The van der Waals surface area contributed by atoms with Crippen molar-refractivity contribution in [2.75, 3.05) is 18.4 Å². The molecule has 4 aromatic rings. The van der Waals surface area contributed by atoms with Crippen LogP contribution in [-0.2, 0) is 7.05 Å². The number of para-hydroxylation sites is 1. The lowest BCUT2D eigenvalue weighted by molar-refractivity contribution is 0.223. The van der Waals surface area contributed by atoms with E-state index in [0.29, 0.717) is 16.5 Å². The van der Waals surface area contributed by atoms with Crippen molar-refractivity contribution < 1.29 is 4.74 Å². The van der Waals surface area contributed by atoms with Gasteiger partial charge in [0.2, 0.25) is 5.95 Å². The standard InChI is InChI=1S/C22H21ClN6O/c1-29-13-16(11-26-29)15-7-17(9-19(8-15)30-18-5-6-24-12-18)27-22-25-10-14-3-2-4-20(23)21(14)28-22/h2-4,7-11,13,18,24H,5-6,12H2,1H3,(H,25,27,28)/t18-/m0/s1. The van der Waals surface area contributed by atoms with E-state index < -0.39 is 0 Å². The van der Waals surface area contributed by atoms with Gasteiger partial charge in [-0.15, -0.1) is 0 Å². The molecule has 0 aliphatic carbocycles. The summed E-state index contributed by atoms with van der Waals surface area (Å²) >= 11 is 6.31. The summed E-state index contributed by atoms with van der Waals surface area (Å²) in [5.74, 6) is 1.28. The van der Waals surface area contributed by atoms with Crippen LogP contribution in [0.15, 0.2) is 55.0 Å². The van der Waals surface area contributed by atoms with Gasteiger partial charge >= 0.3 is 0 Å². The Balaban J connectivity index is 1.50. The van der Waals surface area contributed by atoms with Crippen LogP contribution < -0.4 is 15.4 Å². The number of aryl methyl sites for hydroxylation is 1. The van der Waals surface area contributed by atoms with Crippen molar-refractivity contribution in [3.8, 4) is 16.9 Å². The summed E-state index contributed by atoms with van der Waals surface area (Å²) in [7, 11) is 1.90. The third-order valence-corrected chi connectivity index (χ3v) is 5.39. The molecular weight excluding hydrogens is 400 g/mol. The molecule has 1 atom stereocenters. The van der Waals surface area contributed by atoms with Gasteiger partial charge in [0.15, 0.2) is 0 Å². The summed E-state index contributed by atoms with van der Waals surface area (Å²) < 4.78 is 8.00. The molecule has 0 radical (unpaired) electrons. The van der Waals surface area contributed by atoms with Gasteiger partial charge in [-0.3, -0.25) is 4.68 Å². The number of aromatic nitrogens is 4. The van der Waals surface area contributed by atoms with Gasteiger partial charge in [-0.2, -0.15) is 5.10 Å². The van der Waals surface area contributed by atoms with Crippen molar-refractivity contribution in [1.82, 2.24) is 25.1 Å². The minimum absolute atomic E-state index is 0.165. The molecule has 8 heteroatoms. The first-order valence-corrected chi connectivity index (χ1v) is 10.2. The molecule has 0 saturated carbocycles. The first kappa shape index (κ1) is 18.8. The van der Waals surface area contributed by atoms with Crippen molar-refractivity contribution in [2.24, 2.45) is 7.05 Å². The number of anilines is 2. The van der Waals surface area contributed by atoms with Crippen molar-refractivity contribution >= 4 is 34.1 Å². The number of fused-ring (bicyclic) bond motifs is 1. The second-order valence-corrected chi connectivity index (χ2v) is 7.78. The van der Waals surface area contributed by atoms with E-state index in [2.05, 4.69) is 25.7 Å². The zero-order chi connectivity index (χ0) is 20.5. The molecule has 152 valence electrons. The smallest absolute Gasteiger partial charge is 0.227 e. The van der Waals surface area contributed by atoms with E-state index in [1.54, 1.807) is 10.9 Å². The Hall–Kier alpha value is -3.16. The Morgan fingerprint density at radius 1 is 1.20 bits per heavy atom. The van der Waals surface area contributed by atoms with Crippen LogP contribution in [0.25, 0.3) is 22.0 Å². The van der Waals surface area contributed by atoms with Crippen LogP contribution in [0.2, 0.25) is 5.02 Å². The van der Waals surface area contributed by atoms with E-state index >= 15 is 0 Å². The predicted octanol–water partition coefficient (Wildman–Crippen LogP) is 4.17. The highest BCUT2D eigenvalue weighted by Gasteiger charge is 2.17. The van der Waals surface area contributed by atoms with E-state index in [1.807, 2.05) is 55.8 Å². The lowest BCUT2D eigenvalue weighted by atomic mass is 10.1. The van der Waals surface area contributed by atoms with Gasteiger partial charge in [0, 0.05) is 48.7 Å². The fourth-order valence-electron chi connectivity index (χ4n) is 3.61. The maximum atomic E-state index is 6.31. The molecule has 1 aliphatic rings. The zero-order valence-corrected chi connectivity index (χ0v) is 17.2. The van der Waals surface area contributed by atoms with Crippen molar-refractivity contribution in [3.63, 3.8) is 0 Å². The summed E-state index contributed by atoms with van der Waals surface area (Å²) in [6.07, 6.45) is 6.74. The van der Waals surface area contributed by atoms with E-state index in [9.17, 15) is 0 Å². The number of rotatable bonds is 5. The highest BCUT2D eigenvalue weighted by atomic mass is 35.5. The van der Waals surface area contributed by atoms with Crippen molar-refractivity contribution in [2.45, 2.75) is 12.5 Å². The highest BCUT2D eigenvalue weighted by Crippen LogP contribution is 2.31. The molecule has 7 nitrogen and oxygen atoms in total. The molecular formula is C22H21ClN6O. The summed E-state index contributed by atoms with van der Waals surface area (Å²) in [5.41, 5.74) is 3.57. The average Bonchev–Trinajstić information content (AvgIpc) is 3.40. The summed E-state index contributed by atoms with van der Waals surface area (Å²) in [6.45, 7) is 1.83. The number of nitrogens with one attached hydrogen (secondary N) is 2. The Kier molecular flexibility index (Phi) is 4.98. The molecule has 1 fully saturated rings. The predicted molar refractivity (Wildman–Crippen MR) is 118 cm³/mol. The van der Waals surface area contributed by atoms with Crippen LogP contribution in [0.1, 0.15) is 6.42 Å². The molecule has 30 heavy (non-hydrogen) atoms. The van der Waals surface area contributed by atoms with Gasteiger partial charge in [0.05, 0.1) is 16.7 Å². The Morgan fingerprint density at radius 3 is 2.93 bits per heavy atom. The first-order valence-electron chi connectivity index (χ1n) is 9.84. The van der Waals surface area contributed by atoms with E-state index in [0.717, 1.165) is 47.5 Å². The molecule has 0 bridgehead atoms. The molecule has 2 N–H and O–H groups in total. The van der Waals surface area contributed by atoms with Crippen LogP contribution in [0.4, 0.5) is 11.6 Å². The molecule has 3 heterocycles. The lowest BCUT2D eigenvalue weighted by Crippen LogP contribution is -2.19. The van der Waals surface area contributed by atoms with Gasteiger partial charge in [-0.1, -0.05) is 23.7 Å². The number of ether oxygens (including phenoxy) is 1. The monoisotopic (exact) mass is 420 g/mol. The molecule has 0 unspecified atom stereocenters. The van der Waals surface area contributed by atoms with Crippen LogP contribution >= 0.6 is 11.6 Å². The third-order valence-electron chi connectivity index (χ3n) is 5.08. The second kappa shape index (κ2) is 7.93. The Morgan fingerprint density at radius 2 is 2.13 bits per heavy atom. The number of hydrogen-bond donors (Lipinski definition) is 2. The minimum atomic E-state index is 0.165. The van der Waals surface area contributed by atoms with Gasteiger partial charge in [0.1, 0.15) is 11.9 Å². The number of halogens is 1.